The molecule has 0 amide bonds. The molecule has 0 aliphatic carbocycles. The first-order chi connectivity index (χ1) is 14.5. The summed E-state index contributed by atoms with van der Waals surface area (Å²) in [4.78, 5) is 22.3. The quantitative estimate of drug-likeness (QED) is 0.261. The maximum absolute atomic E-state index is 12.8. The average Bonchev–Trinajstić information content (AvgIpc) is 2.67. The van der Waals surface area contributed by atoms with Crippen molar-refractivity contribution in [1.82, 2.24) is 0 Å². The highest BCUT2D eigenvalue weighted by atomic mass is 35.5. The summed E-state index contributed by atoms with van der Waals surface area (Å²) in [7, 11) is 0. The Kier molecular flexibility index (Phi) is 8.23. The molecule has 168 valence electrons. The number of hydrogen-bond acceptors (Lipinski definition) is 5. The third kappa shape index (κ3) is 6.56. The number of ether oxygens (including phenoxy) is 1. The number of aliphatic hydroxyl groups excluding tert-OH is 1. The van der Waals surface area contributed by atoms with Crippen LogP contribution < -0.4 is 4.74 Å². The van der Waals surface area contributed by atoms with Gasteiger partial charge in [0.15, 0.2) is 0 Å². The highest BCUT2D eigenvalue weighted by Gasteiger charge is 2.31. The molecule has 7 nitrogen and oxygen atoms in total. The van der Waals surface area contributed by atoms with Crippen LogP contribution in [0.2, 0.25) is 5.02 Å². The number of halogens is 4. The summed E-state index contributed by atoms with van der Waals surface area (Å²) in [6.07, 6.45) is -1.97. The fraction of sp³-hybridized carbons (Fsp3) is 0.350. The maximum Gasteiger partial charge on any atom is 0.416 e. The van der Waals surface area contributed by atoms with Crippen molar-refractivity contribution >= 4 is 23.3 Å². The summed E-state index contributed by atoms with van der Waals surface area (Å²) in [6, 6.07) is 4.63. The van der Waals surface area contributed by atoms with Gasteiger partial charge in [0.2, 0.25) is 0 Å². The predicted molar refractivity (Wildman–Crippen MR) is 106 cm³/mol. The van der Waals surface area contributed by atoms with E-state index in [1.165, 1.54) is 6.07 Å². The van der Waals surface area contributed by atoms with Gasteiger partial charge in [-0.1, -0.05) is 24.4 Å². The second-order valence-corrected chi connectivity index (χ2v) is 7.08. The van der Waals surface area contributed by atoms with Crippen LogP contribution in [0.5, 0.6) is 11.5 Å². The van der Waals surface area contributed by atoms with E-state index in [9.17, 15) is 33.2 Å². The van der Waals surface area contributed by atoms with Gasteiger partial charge in [-0.3, -0.25) is 10.1 Å². The molecular formula is C20H19ClF3NO6. The van der Waals surface area contributed by atoms with Crippen LogP contribution in [0.1, 0.15) is 47.2 Å². The molecule has 0 aliphatic rings. The zero-order valence-corrected chi connectivity index (χ0v) is 16.9. The van der Waals surface area contributed by atoms with E-state index in [-0.39, 0.29) is 35.1 Å². The smallest absolute Gasteiger partial charge is 0.416 e. The summed E-state index contributed by atoms with van der Waals surface area (Å²) >= 11 is 5.87. The molecule has 0 bridgehead atoms. The molecule has 2 N–H and O–H groups in total. The summed E-state index contributed by atoms with van der Waals surface area (Å²) in [5, 5.41) is 29.4. The Morgan fingerprint density at radius 3 is 2.35 bits per heavy atom. The third-order valence-corrected chi connectivity index (χ3v) is 4.71. The molecule has 0 unspecified atom stereocenters. The molecule has 11 heteroatoms. The van der Waals surface area contributed by atoms with Crippen LogP contribution in [0.3, 0.4) is 0 Å². The molecule has 0 fully saturated rings. The van der Waals surface area contributed by atoms with Crippen LogP contribution in [0.15, 0.2) is 30.3 Å². The van der Waals surface area contributed by atoms with Crippen LogP contribution in [0, 0.1) is 10.1 Å². The van der Waals surface area contributed by atoms with Gasteiger partial charge < -0.3 is 14.9 Å². The van der Waals surface area contributed by atoms with Crippen molar-refractivity contribution in [2.45, 2.75) is 38.3 Å². The lowest BCUT2D eigenvalue weighted by molar-refractivity contribution is -0.385. The minimum atomic E-state index is -4.60. The van der Waals surface area contributed by atoms with Crippen LogP contribution in [-0.2, 0) is 12.6 Å². The first-order valence-corrected chi connectivity index (χ1v) is 9.62. The maximum atomic E-state index is 12.8. The lowest BCUT2D eigenvalue weighted by Gasteiger charge is -2.13. The van der Waals surface area contributed by atoms with E-state index in [1.807, 2.05) is 0 Å². The number of aliphatic hydroxyl groups is 1. The Bertz CT molecular complexity index is 965. The van der Waals surface area contributed by atoms with Gasteiger partial charge in [-0.2, -0.15) is 13.2 Å². The van der Waals surface area contributed by atoms with Crippen LogP contribution >= 0.6 is 11.6 Å². The molecule has 2 aromatic rings. The molecule has 0 heterocycles. The molecule has 31 heavy (non-hydrogen) atoms. The second-order valence-electron chi connectivity index (χ2n) is 6.67. The summed E-state index contributed by atoms with van der Waals surface area (Å²) in [5.41, 5.74) is -2.04. The van der Waals surface area contributed by atoms with E-state index in [1.54, 1.807) is 0 Å². The van der Waals surface area contributed by atoms with Crippen molar-refractivity contribution in [3.05, 3.63) is 62.2 Å². The van der Waals surface area contributed by atoms with E-state index in [0.717, 1.165) is 18.2 Å². The Labute approximate surface area is 180 Å². The van der Waals surface area contributed by atoms with Crippen molar-refractivity contribution in [2.75, 3.05) is 6.61 Å². The van der Waals surface area contributed by atoms with Gasteiger partial charge in [-0.15, -0.1) is 0 Å². The van der Waals surface area contributed by atoms with E-state index in [4.69, 9.17) is 21.4 Å². The number of nitro benzene ring substituents is 1. The van der Waals surface area contributed by atoms with Gasteiger partial charge >= 0.3 is 12.1 Å². The van der Waals surface area contributed by atoms with Gasteiger partial charge in [0.05, 0.1) is 15.5 Å². The normalized spacial score (nSPS) is 11.4. The largest absolute Gasteiger partial charge is 0.477 e. The van der Waals surface area contributed by atoms with Crippen LogP contribution in [0.25, 0.3) is 0 Å². The molecule has 0 aromatic heterocycles. The van der Waals surface area contributed by atoms with Gasteiger partial charge in [0.25, 0.3) is 5.69 Å². The Morgan fingerprint density at radius 2 is 1.81 bits per heavy atom. The zero-order valence-electron chi connectivity index (χ0n) is 16.1. The summed E-state index contributed by atoms with van der Waals surface area (Å²) in [6.45, 7) is 0.0283. The number of aromatic carboxylic acids is 1. The highest BCUT2D eigenvalue weighted by molar-refractivity contribution is 6.32. The van der Waals surface area contributed by atoms with E-state index in [2.05, 4.69) is 0 Å². The summed E-state index contributed by atoms with van der Waals surface area (Å²) < 4.78 is 43.9. The first-order valence-electron chi connectivity index (χ1n) is 9.24. The Balaban J connectivity index is 2.39. The highest BCUT2D eigenvalue weighted by Crippen LogP contribution is 2.38. The zero-order chi connectivity index (χ0) is 23.2. The second kappa shape index (κ2) is 10.5. The number of carbonyl (C=O) groups is 1. The number of carboxylic acid groups (broad SMARTS) is 1. The molecule has 0 saturated carbocycles. The fourth-order valence-electron chi connectivity index (χ4n) is 2.96. The number of alkyl halides is 3. The predicted octanol–water partition coefficient (Wildman–Crippen LogP) is 5.85. The fourth-order valence-corrected chi connectivity index (χ4v) is 3.18. The minimum Gasteiger partial charge on any atom is -0.477 e. The van der Waals surface area contributed by atoms with Gasteiger partial charge in [0.1, 0.15) is 17.1 Å². The molecule has 0 saturated heterocycles. The van der Waals surface area contributed by atoms with Crippen molar-refractivity contribution < 1.29 is 37.8 Å². The molecule has 2 aromatic carbocycles. The number of unbranched alkanes of at least 4 members (excludes halogenated alkanes) is 3. The number of nitrogens with zero attached hydrogens (tertiary/aromatic N) is 1. The lowest BCUT2D eigenvalue weighted by atomic mass is 10.0. The number of rotatable bonds is 10. The van der Waals surface area contributed by atoms with E-state index >= 15 is 0 Å². The van der Waals surface area contributed by atoms with Crippen LogP contribution in [0.4, 0.5) is 18.9 Å². The van der Waals surface area contributed by atoms with E-state index in [0.29, 0.717) is 31.7 Å². The topological polar surface area (TPSA) is 110 Å². The van der Waals surface area contributed by atoms with Gasteiger partial charge in [-0.25, -0.2) is 4.79 Å². The third-order valence-electron chi connectivity index (χ3n) is 4.42. The first kappa shape index (κ1) is 24.4. The SMILES string of the molecule is O=C(O)c1cc(Oc2ccc(C(F)(F)F)cc2Cl)cc(CCCCCCO)c1[N+](=O)[O-]. The van der Waals surface area contributed by atoms with Gasteiger partial charge in [-0.05, 0) is 43.5 Å². The molecule has 0 aliphatic heterocycles. The standard InChI is InChI=1S/C20H19ClF3NO6/c21-16-10-13(20(22,23)24)6-7-17(16)31-14-9-12(5-3-1-2-4-8-26)18(25(29)30)15(11-14)19(27)28/h6-7,9-11,26H,1-5,8H2,(H,27,28). The molecule has 0 atom stereocenters. The number of aryl methyl sites for hydroxylation is 1. The molecule has 0 spiro atoms. The average molecular weight is 462 g/mol. The monoisotopic (exact) mass is 461 g/mol. The van der Waals surface area contributed by atoms with Crippen molar-refractivity contribution in [2.24, 2.45) is 0 Å². The Hall–Kier alpha value is -2.85. The Morgan fingerprint density at radius 1 is 1.13 bits per heavy atom. The van der Waals surface area contributed by atoms with Gasteiger partial charge in [0, 0.05) is 18.2 Å². The molecule has 0 radical (unpaired) electrons. The van der Waals surface area contributed by atoms with E-state index < -0.39 is 33.9 Å². The summed E-state index contributed by atoms with van der Waals surface area (Å²) in [5.74, 6) is -1.80. The number of carboxylic acids is 1. The minimum absolute atomic E-state index is 0.0283. The van der Waals surface area contributed by atoms with Crippen molar-refractivity contribution in [1.29, 1.82) is 0 Å². The van der Waals surface area contributed by atoms with Crippen molar-refractivity contribution in [3.8, 4) is 11.5 Å². The lowest BCUT2D eigenvalue weighted by Crippen LogP contribution is -2.07. The molecular weight excluding hydrogens is 443 g/mol. The van der Waals surface area contributed by atoms with Crippen molar-refractivity contribution in [3.63, 3.8) is 0 Å². The number of hydrogen-bond donors (Lipinski definition) is 2. The number of benzene rings is 2. The van der Waals surface area contributed by atoms with Crippen LogP contribution in [-0.4, -0.2) is 27.7 Å². The number of nitro groups is 1. The molecule has 2 rings (SSSR count).